The molecule has 2 heterocycles. The summed E-state index contributed by atoms with van der Waals surface area (Å²) >= 11 is 6.13. The predicted octanol–water partition coefficient (Wildman–Crippen LogP) is 4.60. The van der Waals surface area contributed by atoms with Gasteiger partial charge < -0.3 is 19.8 Å². The molecule has 1 unspecified atom stereocenters. The van der Waals surface area contributed by atoms with E-state index >= 15 is 0 Å². The molecule has 0 amide bonds. The summed E-state index contributed by atoms with van der Waals surface area (Å²) in [5, 5.41) is 6.85. The van der Waals surface area contributed by atoms with Crippen molar-refractivity contribution in [3.63, 3.8) is 0 Å². The van der Waals surface area contributed by atoms with Crippen molar-refractivity contribution in [1.82, 2.24) is 29.7 Å². The van der Waals surface area contributed by atoms with Crippen LogP contribution in [0.4, 0.5) is 5.82 Å². The SMILES string of the molecule is CCCOC(=O)C(C)(C)NP(=O)(CO[C@@H](C)Cn1cnc2c(N)ncnc21)N[C@H](C)c1ccc(Cl)cc1C. The third-order valence-corrected chi connectivity index (χ3v) is 8.40. The molecule has 3 aromatic rings. The molecule has 0 saturated carbocycles. The summed E-state index contributed by atoms with van der Waals surface area (Å²) < 4.78 is 27.5. The molecule has 13 heteroatoms. The first-order valence-electron chi connectivity index (χ1n) is 12.5. The number of nitrogen functional groups attached to an aromatic ring is 1. The monoisotopic (exact) mass is 565 g/mol. The van der Waals surface area contributed by atoms with Crippen LogP contribution in [-0.4, -0.2) is 50.1 Å². The van der Waals surface area contributed by atoms with Gasteiger partial charge in [-0.1, -0.05) is 24.6 Å². The highest BCUT2D eigenvalue weighted by Gasteiger charge is 2.38. The van der Waals surface area contributed by atoms with Crippen LogP contribution in [0, 0.1) is 6.92 Å². The van der Waals surface area contributed by atoms with Crippen LogP contribution in [0.5, 0.6) is 0 Å². The van der Waals surface area contributed by atoms with Gasteiger partial charge in [0.15, 0.2) is 11.5 Å². The highest BCUT2D eigenvalue weighted by molar-refractivity contribution is 7.59. The van der Waals surface area contributed by atoms with Crippen molar-refractivity contribution in [3.8, 4) is 0 Å². The van der Waals surface area contributed by atoms with Crippen molar-refractivity contribution in [2.24, 2.45) is 0 Å². The molecule has 0 aliphatic rings. The third kappa shape index (κ3) is 7.51. The molecule has 38 heavy (non-hydrogen) atoms. The van der Waals surface area contributed by atoms with E-state index in [-0.39, 0.29) is 25.1 Å². The lowest BCUT2D eigenvalue weighted by Crippen LogP contribution is -2.49. The lowest BCUT2D eigenvalue weighted by Gasteiger charge is -2.33. The summed E-state index contributed by atoms with van der Waals surface area (Å²) in [5.41, 5.74) is 7.63. The van der Waals surface area contributed by atoms with E-state index in [1.807, 2.05) is 39.8 Å². The molecule has 2 aromatic heterocycles. The van der Waals surface area contributed by atoms with Gasteiger partial charge in [0.1, 0.15) is 23.7 Å². The minimum absolute atomic E-state index is 0.181. The molecule has 3 rings (SSSR count). The maximum absolute atomic E-state index is 14.3. The quantitative estimate of drug-likeness (QED) is 0.198. The average Bonchev–Trinajstić information content (AvgIpc) is 3.24. The van der Waals surface area contributed by atoms with Crippen LogP contribution in [0.3, 0.4) is 0 Å². The van der Waals surface area contributed by atoms with Crippen LogP contribution in [0.1, 0.15) is 58.2 Å². The maximum atomic E-state index is 14.3. The van der Waals surface area contributed by atoms with E-state index in [4.69, 9.17) is 26.8 Å². The zero-order valence-corrected chi connectivity index (χ0v) is 24.3. The molecule has 0 aliphatic carbocycles. The molecule has 4 N–H and O–H groups in total. The highest BCUT2D eigenvalue weighted by Crippen LogP contribution is 2.43. The number of anilines is 1. The van der Waals surface area contributed by atoms with E-state index in [1.54, 1.807) is 30.8 Å². The largest absolute Gasteiger partial charge is 0.464 e. The topological polar surface area (TPSA) is 146 Å². The predicted molar refractivity (Wildman–Crippen MR) is 149 cm³/mol. The Kier molecular flexibility index (Phi) is 9.89. The number of rotatable bonds is 13. The van der Waals surface area contributed by atoms with Crippen LogP contribution in [0.25, 0.3) is 11.2 Å². The van der Waals surface area contributed by atoms with Crippen molar-refractivity contribution in [2.45, 2.75) is 72.2 Å². The van der Waals surface area contributed by atoms with Gasteiger partial charge >= 0.3 is 5.97 Å². The molecule has 0 aliphatic heterocycles. The molecule has 0 saturated heterocycles. The number of halogens is 1. The smallest absolute Gasteiger partial charge is 0.326 e. The zero-order valence-electron chi connectivity index (χ0n) is 22.7. The molecule has 0 spiro atoms. The Morgan fingerprint density at radius 1 is 1.26 bits per heavy atom. The van der Waals surface area contributed by atoms with Crippen molar-refractivity contribution < 1.29 is 18.8 Å². The van der Waals surface area contributed by atoms with Crippen LogP contribution >= 0.6 is 19.0 Å². The first-order chi connectivity index (χ1) is 17.8. The van der Waals surface area contributed by atoms with Gasteiger partial charge in [-0.05, 0) is 64.3 Å². The number of carbonyl (C=O) groups is 1. The Labute approximate surface area is 228 Å². The van der Waals surface area contributed by atoms with Gasteiger partial charge in [-0.3, -0.25) is 9.36 Å². The number of aryl methyl sites for hydroxylation is 1. The van der Waals surface area contributed by atoms with Gasteiger partial charge in [-0.25, -0.2) is 25.1 Å². The summed E-state index contributed by atoms with van der Waals surface area (Å²) in [5.74, 6) is -0.198. The minimum Gasteiger partial charge on any atom is -0.464 e. The van der Waals surface area contributed by atoms with Crippen molar-refractivity contribution in [2.75, 3.05) is 18.7 Å². The summed E-state index contributed by atoms with van der Waals surface area (Å²) in [4.78, 5) is 25.2. The highest BCUT2D eigenvalue weighted by atomic mass is 35.5. The number of ether oxygens (including phenoxy) is 2. The number of nitrogens with two attached hydrogens (primary N) is 1. The maximum Gasteiger partial charge on any atom is 0.326 e. The van der Waals surface area contributed by atoms with Gasteiger partial charge in [0.25, 0.3) is 0 Å². The second-order valence-electron chi connectivity index (χ2n) is 9.90. The summed E-state index contributed by atoms with van der Waals surface area (Å²) in [6.45, 7) is 11.6. The molecular weight excluding hydrogens is 529 g/mol. The number of nitrogens with zero attached hydrogens (tertiary/aromatic N) is 4. The Morgan fingerprint density at radius 3 is 2.68 bits per heavy atom. The first kappa shape index (κ1) is 30.0. The van der Waals surface area contributed by atoms with E-state index in [1.165, 1.54) is 6.33 Å². The molecular formula is C25H37ClN7O4P. The number of esters is 1. The third-order valence-electron chi connectivity index (χ3n) is 5.93. The first-order valence-corrected chi connectivity index (χ1v) is 14.7. The van der Waals surface area contributed by atoms with E-state index in [9.17, 15) is 9.36 Å². The molecule has 11 nitrogen and oxygen atoms in total. The van der Waals surface area contributed by atoms with Gasteiger partial charge in [-0.2, -0.15) is 0 Å². The van der Waals surface area contributed by atoms with Crippen molar-refractivity contribution >= 4 is 42.0 Å². The second kappa shape index (κ2) is 12.5. The molecule has 3 atom stereocenters. The second-order valence-corrected chi connectivity index (χ2v) is 12.6. The van der Waals surface area contributed by atoms with E-state index in [0.717, 1.165) is 11.1 Å². The lowest BCUT2D eigenvalue weighted by atomic mass is 10.0. The van der Waals surface area contributed by atoms with Gasteiger partial charge in [0.05, 0.1) is 25.6 Å². The van der Waals surface area contributed by atoms with Crippen LogP contribution in [0.2, 0.25) is 5.02 Å². The Hall–Kier alpha value is -2.56. The summed E-state index contributed by atoms with van der Waals surface area (Å²) in [6.07, 6.45) is 3.13. The number of nitrogens with one attached hydrogen (secondary N) is 2. The molecule has 0 bridgehead atoms. The van der Waals surface area contributed by atoms with Gasteiger partial charge in [0, 0.05) is 11.1 Å². The standard InChI is InChI=1S/C25H37ClN7O4P/c1-7-10-36-24(34)25(5,6)32-38(35,31-18(4)20-9-8-19(26)11-16(20)2)15-37-17(3)12-33-14-30-21-22(27)28-13-29-23(21)33/h8-9,11,13-14,17-18H,7,10,12,15H2,1-6H3,(H2,27,28,29)(H2,31,32,35)/t17-,18+,38?/m0/s1. The summed E-state index contributed by atoms with van der Waals surface area (Å²) in [6, 6.07) is 5.20. The fraction of sp³-hybridized carbons (Fsp3) is 0.520. The lowest BCUT2D eigenvalue weighted by molar-refractivity contribution is -0.149. The number of imidazole rings is 1. The number of benzene rings is 1. The van der Waals surface area contributed by atoms with Crippen LogP contribution < -0.4 is 15.9 Å². The molecule has 0 fully saturated rings. The Balaban J connectivity index is 1.79. The summed E-state index contributed by atoms with van der Waals surface area (Å²) in [7, 11) is -3.51. The number of hydrogen-bond donors (Lipinski definition) is 3. The van der Waals surface area contributed by atoms with E-state index < -0.39 is 19.0 Å². The number of aromatic nitrogens is 4. The number of fused-ring (bicyclic) bond motifs is 1. The minimum atomic E-state index is -3.51. The zero-order chi connectivity index (χ0) is 28.1. The Bertz CT molecular complexity index is 1320. The van der Waals surface area contributed by atoms with E-state index in [0.29, 0.717) is 35.0 Å². The fourth-order valence-corrected chi connectivity index (χ4v) is 6.73. The normalized spacial score (nSPS) is 15.2. The van der Waals surface area contributed by atoms with Gasteiger partial charge in [-0.15, -0.1) is 0 Å². The Morgan fingerprint density at radius 2 is 2.00 bits per heavy atom. The van der Waals surface area contributed by atoms with Crippen LogP contribution in [-0.2, 0) is 25.4 Å². The number of carbonyl (C=O) groups excluding carboxylic acids is 1. The molecule has 208 valence electrons. The van der Waals surface area contributed by atoms with Crippen molar-refractivity contribution in [3.05, 3.63) is 47.0 Å². The van der Waals surface area contributed by atoms with Crippen LogP contribution in [0.15, 0.2) is 30.9 Å². The fourth-order valence-electron chi connectivity index (χ4n) is 4.08. The number of hydrogen-bond acceptors (Lipinski definition) is 8. The average molecular weight is 566 g/mol. The molecule has 0 radical (unpaired) electrons. The molecule has 1 aromatic carbocycles. The van der Waals surface area contributed by atoms with Gasteiger partial charge in [0.2, 0.25) is 7.44 Å². The van der Waals surface area contributed by atoms with E-state index in [2.05, 4.69) is 25.1 Å². The van der Waals surface area contributed by atoms with Crippen molar-refractivity contribution in [1.29, 1.82) is 0 Å².